The van der Waals surface area contributed by atoms with Gasteiger partial charge in [-0.3, -0.25) is 14.5 Å². The van der Waals surface area contributed by atoms with E-state index >= 15 is 0 Å². The fraction of sp³-hybridized carbons (Fsp3) is 0.476. The van der Waals surface area contributed by atoms with Crippen LogP contribution in [0.3, 0.4) is 0 Å². The predicted molar refractivity (Wildman–Crippen MR) is 111 cm³/mol. The van der Waals surface area contributed by atoms with Gasteiger partial charge < -0.3 is 14.2 Å². The lowest BCUT2D eigenvalue weighted by atomic mass is 10.1. The highest BCUT2D eigenvalue weighted by Crippen LogP contribution is 2.36. The van der Waals surface area contributed by atoms with Crippen molar-refractivity contribution in [2.75, 3.05) is 37.9 Å². The SMILES string of the molecule is CCCOCCOC(=O)CN1C(=O)COc2ccc(-c3csc(CCC)n3)cc21. The first-order chi connectivity index (χ1) is 14.1. The third-order valence-electron chi connectivity index (χ3n) is 4.34. The topological polar surface area (TPSA) is 78.0 Å². The second-order valence-electron chi connectivity index (χ2n) is 6.66. The van der Waals surface area contributed by atoms with Gasteiger partial charge in [0.1, 0.15) is 18.9 Å². The van der Waals surface area contributed by atoms with Crippen molar-refractivity contribution >= 4 is 28.9 Å². The summed E-state index contributed by atoms with van der Waals surface area (Å²) in [6.07, 6.45) is 2.89. The van der Waals surface area contributed by atoms with E-state index in [4.69, 9.17) is 14.2 Å². The van der Waals surface area contributed by atoms with Crippen molar-refractivity contribution in [1.29, 1.82) is 0 Å². The Morgan fingerprint density at radius 2 is 2.10 bits per heavy atom. The molecule has 3 rings (SSSR count). The van der Waals surface area contributed by atoms with E-state index in [-0.39, 0.29) is 25.7 Å². The number of aryl methyl sites for hydroxylation is 1. The van der Waals surface area contributed by atoms with Crippen molar-refractivity contribution in [3.63, 3.8) is 0 Å². The Morgan fingerprint density at radius 1 is 1.24 bits per heavy atom. The lowest BCUT2D eigenvalue weighted by Crippen LogP contribution is -2.42. The van der Waals surface area contributed by atoms with Gasteiger partial charge >= 0.3 is 5.97 Å². The maximum absolute atomic E-state index is 12.4. The quantitative estimate of drug-likeness (QED) is 0.434. The van der Waals surface area contributed by atoms with Crippen LogP contribution < -0.4 is 9.64 Å². The minimum atomic E-state index is -0.476. The van der Waals surface area contributed by atoms with Gasteiger partial charge in [-0.1, -0.05) is 13.8 Å². The number of fused-ring (bicyclic) bond motifs is 1. The number of amides is 1. The average Bonchev–Trinajstić information content (AvgIpc) is 3.18. The van der Waals surface area contributed by atoms with Crippen LogP contribution in [0.2, 0.25) is 0 Å². The summed E-state index contributed by atoms with van der Waals surface area (Å²) < 4.78 is 16.0. The molecule has 2 aromatic rings. The van der Waals surface area contributed by atoms with Crippen LogP contribution in [0.15, 0.2) is 23.6 Å². The van der Waals surface area contributed by atoms with Crippen LogP contribution in [0, 0.1) is 0 Å². The van der Waals surface area contributed by atoms with Crippen LogP contribution in [0.4, 0.5) is 5.69 Å². The van der Waals surface area contributed by atoms with E-state index in [1.165, 1.54) is 4.90 Å². The van der Waals surface area contributed by atoms with Crippen LogP contribution in [-0.4, -0.2) is 49.8 Å². The number of nitrogens with zero attached hydrogens (tertiary/aromatic N) is 2. The summed E-state index contributed by atoms with van der Waals surface area (Å²) in [5, 5.41) is 3.09. The zero-order valence-electron chi connectivity index (χ0n) is 16.8. The number of esters is 1. The van der Waals surface area contributed by atoms with Crippen molar-refractivity contribution in [3.05, 3.63) is 28.6 Å². The molecule has 1 aliphatic heterocycles. The molecule has 0 unspecified atom stereocenters. The molecule has 1 aliphatic rings. The molecule has 0 radical (unpaired) electrons. The zero-order valence-corrected chi connectivity index (χ0v) is 17.6. The van der Waals surface area contributed by atoms with Crippen molar-refractivity contribution < 1.29 is 23.8 Å². The first kappa shape index (κ1) is 21.3. The Morgan fingerprint density at radius 3 is 2.90 bits per heavy atom. The summed E-state index contributed by atoms with van der Waals surface area (Å²) in [6, 6.07) is 5.57. The average molecular weight is 419 g/mol. The molecule has 0 aliphatic carbocycles. The largest absolute Gasteiger partial charge is 0.482 e. The molecule has 0 spiro atoms. The van der Waals surface area contributed by atoms with Crippen molar-refractivity contribution in [1.82, 2.24) is 4.98 Å². The second-order valence-corrected chi connectivity index (χ2v) is 7.60. The van der Waals surface area contributed by atoms with Crippen LogP contribution in [0.1, 0.15) is 31.7 Å². The Hall–Kier alpha value is -2.45. The maximum atomic E-state index is 12.4. The van der Waals surface area contributed by atoms with Crippen LogP contribution >= 0.6 is 11.3 Å². The number of rotatable bonds is 10. The molecule has 1 amide bonds. The summed E-state index contributed by atoms with van der Waals surface area (Å²) >= 11 is 1.62. The molecule has 0 bridgehead atoms. The third kappa shape index (κ3) is 5.55. The molecule has 0 saturated heterocycles. The second kappa shape index (κ2) is 10.4. The van der Waals surface area contributed by atoms with E-state index in [0.717, 1.165) is 35.5 Å². The minimum absolute atomic E-state index is 0.101. The molecule has 156 valence electrons. The highest BCUT2D eigenvalue weighted by Gasteiger charge is 2.28. The Balaban J connectivity index is 1.71. The van der Waals surface area contributed by atoms with E-state index < -0.39 is 5.97 Å². The number of carbonyl (C=O) groups excluding carboxylic acids is 2. The lowest BCUT2D eigenvalue weighted by Gasteiger charge is -2.29. The summed E-state index contributed by atoms with van der Waals surface area (Å²) in [5.41, 5.74) is 2.30. The summed E-state index contributed by atoms with van der Waals surface area (Å²) in [4.78, 5) is 30.7. The number of hydrogen-bond acceptors (Lipinski definition) is 7. The molecule has 7 nitrogen and oxygen atoms in total. The van der Waals surface area contributed by atoms with E-state index in [2.05, 4.69) is 11.9 Å². The number of ether oxygens (including phenoxy) is 3. The Labute approximate surface area is 174 Å². The standard InChI is InChI=1S/C21H26N2O5S/c1-3-5-19-22-16(14-29-19)15-6-7-18-17(11-15)23(20(24)13-28-18)12-21(25)27-10-9-26-8-4-2/h6-7,11,14H,3-5,8-10,12-13H2,1-2H3. The molecular weight excluding hydrogens is 392 g/mol. The van der Waals surface area contributed by atoms with Crippen molar-refractivity contribution in [2.24, 2.45) is 0 Å². The van der Waals surface area contributed by atoms with Gasteiger partial charge in [0.15, 0.2) is 6.61 Å². The van der Waals surface area contributed by atoms with Gasteiger partial charge in [-0.15, -0.1) is 11.3 Å². The van der Waals surface area contributed by atoms with Crippen molar-refractivity contribution in [3.8, 4) is 17.0 Å². The zero-order chi connectivity index (χ0) is 20.6. The first-order valence-electron chi connectivity index (χ1n) is 9.87. The molecule has 2 heterocycles. The number of hydrogen-bond donors (Lipinski definition) is 0. The molecule has 1 aromatic heterocycles. The molecular formula is C21H26N2O5S. The summed E-state index contributed by atoms with van der Waals surface area (Å²) in [6.45, 7) is 5.02. The molecule has 0 atom stereocenters. The van der Waals surface area contributed by atoms with E-state index in [1.54, 1.807) is 11.3 Å². The number of thiazole rings is 1. The van der Waals surface area contributed by atoms with E-state index in [0.29, 0.717) is 24.7 Å². The molecule has 0 saturated carbocycles. The maximum Gasteiger partial charge on any atom is 0.326 e. The van der Waals surface area contributed by atoms with E-state index in [1.807, 2.05) is 30.5 Å². The van der Waals surface area contributed by atoms with Crippen LogP contribution in [-0.2, 0) is 25.5 Å². The van der Waals surface area contributed by atoms with Gasteiger partial charge in [-0.2, -0.15) is 0 Å². The number of aromatic nitrogens is 1. The van der Waals surface area contributed by atoms with Gasteiger partial charge in [0.05, 0.1) is 23.0 Å². The smallest absolute Gasteiger partial charge is 0.326 e. The Bertz CT molecular complexity index is 851. The Kier molecular flexibility index (Phi) is 7.60. The highest BCUT2D eigenvalue weighted by molar-refractivity contribution is 7.09. The van der Waals surface area contributed by atoms with Gasteiger partial charge in [-0.05, 0) is 37.5 Å². The van der Waals surface area contributed by atoms with Gasteiger partial charge in [0.25, 0.3) is 5.91 Å². The molecule has 0 fully saturated rings. The number of anilines is 1. The van der Waals surface area contributed by atoms with E-state index in [9.17, 15) is 9.59 Å². The summed E-state index contributed by atoms with van der Waals surface area (Å²) in [5.74, 6) is -0.189. The molecule has 0 N–H and O–H groups in total. The van der Waals surface area contributed by atoms with Gasteiger partial charge in [0, 0.05) is 17.6 Å². The highest BCUT2D eigenvalue weighted by atomic mass is 32.1. The monoisotopic (exact) mass is 418 g/mol. The van der Waals surface area contributed by atoms with Gasteiger partial charge in [0.2, 0.25) is 0 Å². The number of benzene rings is 1. The number of carbonyl (C=O) groups is 2. The van der Waals surface area contributed by atoms with Gasteiger partial charge in [-0.25, -0.2) is 4.98 Å². The normalized spacial score (nSPS) is 13.2. The summed E-state index contributed by atoms with van der Waals surface area (Å²) in [7, 11) is 0. The predicted octanol–water partition coefficient (Wildman–Crippen LogP) is 3.46. The fourth-order valence-electron chi connectivity index (χ4n) is 2.94. The molecule has 8 heteroatoms. The van der Waals surface area contributed by atoms with Crippen molar-refractivity contribution in [2.45, 2.75) is 33.1 Å². The molecule has 29 heavy (non-hydrogen) atoms. The first-order valence-corrected chi connectivity index (χ1v) is 10.8. The van der Waals surface area contributed by atoms with Crippen LogP contribution in [0.25, 0.3) is 11.3 Å². The minimum Gasteiger partial charge on any atom is -0.482 e. The fourth-order valence-corrected chi connectivity index (χ4v) is 3.85. The molecule has 1 aromatic carbocycles. The van der Waals surface area contributed by atoms with Crippen LogP contribution in [0.5, 0.6) is 5.75 Å². The lowest BCUT2D eigenvalue weighted by molar-refractivity contribution is -0.144. The third-order valence-corrected chi connectivity index (χ3v) is 5.25.